The van der Waals surface area contributed by atoms with Gasteiger partial charge in [-0.25, -0.2) is 9.78 Å². The van der Waals surface area contributed by atoms with Gasteiger partial charge >= 0.3 is 5.69 Å². The Labute approximate surface area is 166 Å². The first-order valence-corrected chi connectivity index (χ1v) is 9.61. The fraction of sp³-hybridized carbons (Fsp3) is 0.227. The van der Waals surface area contributed by atoms with Crippen LogP contribution in [0.5, 0.6) is 0 Å². The first kappa shape index (κ1) is 17.5. The van der Waals surface area contributed by atoms with Gasteiger partial charge in [-0.2, -0.15) is 0 Å². The average molecular weight is 387 g/mol. The van der Waals surface area contributed by atoms with E-state index in [1.165, 1.54) is 0 Å². The van der Waals surface area contributed by atoms with Gasteiger partial charge in [0.2, 0.25) is 5.91 Å². The Morgan fingerprint density at radius 2 is 1.93 bits per heavy atom. The van der Waals surface area contributed by atoms with E-state index >= 15 is 0 Å². The number of rotatable bonds is 3. The van der Waals surface area contributed by atoms with Crippen LogP contribution < -0.4 is 16.7 Å². The smallest absolute Gasteiger partial charge is 0.333 e. The summed E-state index contributed by atoms with van der Waals surface area (Å²) in [6.45, 7) is 2.06. The number of fused-ring (bicyclic) bond motifs is 2. The summed E-state index contributed by atoms with van der Waals surface area (Å²) in [6, 6.07) is 13.1. The fourth-order valence-electron chi connectivity index (χ4n) is 3.92. The third kappa shape index (κ3) is 2.77. The molecule has 29 heavy (non-hydrogen) atoms. The summed E-state index contributed by atoms with van der Waals surface area (Å²) in [5, 5.41) is 4.48. The van der Waals surface area contributed by atoms with Crippen molar-refractivity contribution < 1.29 is 4.79 Å². The maximum Gasteiger partial charge on any atom is 0.333 e. The van der Waals surface area contributed by atoms with Gasteiger partial charge in [-0.3, -0.25) is 13.9 Å². The Morgan fingerprint density at radius 3 is 2.66 bits per heavy atom. The van der Waals surface area contributed by atoms with E-state index in [4.69, 9.17) is 5.73 Å². The number of aryl methyl sites for hydroxylation is 1. The molecule has 2 aromatic carbocycles. The van der Waals surface area contributed by atoms with Gasteiger partial charge in [-0.15, -0.1) is 0 Å². The highest BCUT2D eigenvalue weighted by Crippen LogP contribution is 2.38. The number of benzene rings is 2. The predicted molar refractivity (Wildman–Crippen MR) is 114 cm³/mol. The molecule has 2 aromatic heterocycles. The molecule has 0 aliphatic heterocycles. The summed E-state index contributed by atoms with van der Waals surface area (Å²) in [4.78, 5) is 29.5. The fourth-order valence-corrected chi connectivity index (χ4v) is 3.92. The monoisotopic (exact) mass is 387 g/mol. The van der Waals surface area contributed by atoms with Crippen LogP contribution >= 0.6 is 0 Å². The summed E-state index contributed by atoms with van der Waals surface area (Å²) in [6.07, 6.45) is 2.58. The summed E-state index contributed by atoms with van der Waals surface area (Å²) in [5.41, 5.74) is 8.99. The lowest BCUT2D eigenvalue weighted by molar-refractivity contribution is -0.117. The molecule has 5 rings (SSSR count). The third-order valence-corrected chi connectivity index (χ3v) is 5.77. The molecule has 1 saturated carbocycles. The van der Waals surface area contributed by atoms with E-state index in [0.717, 1.165) is 28.2 Å². The van der Waals surface area contributed by atoms with Crippen molar-refractivity contribution in [3.8, 4) is 5.69 Å². The number of pyridine rings is 1. The summed E-state index contributed by atoms with van der Waals surface area (Å²) in [5.74, 6) is 0.983. The highest BCUT2D eigenvalue weighted by Gasteiger charge is 2.39. The molecule has 0 unspecified atom stereocenters. The minimum absolute atomic E-state index is 0.00116. The van der Waals surface area contributed by atoms with E-state index in [1.807, 2.05) is 30.3 Å². The Hall–Kier alpha value is -3.61. The zero-order chi connectivity index (χ0) is 20.3. The van der Waals surface area contributed by atoms with Crippen molar-refractivity contribution in [2.75, 3.05) is 11.1 Å². The second kappa shape index (κ2) is 6.20. The highest BCUT2D eigenvalue weighted by atomic mass is 16.2. The Morgan fingerprint density at radius 1 is 1.21 bits per heavy atom. The molecule has 0 bridgehead atoms. The maximum absolute atomic E-state index is 12.9. The van der Waals surface area contributed by atoms with E-state index in [1.54, 1.807) is 34.5 Å². The Bertz CT molecular complexity index is 1350. The third-order valence-electron chi connectivity index (χ3n) is 5.77. The van der Waals surface area contributed by atoms with E-state index in [2.05, 4.69) is 17.2 Å². The van der Waals surface area contributed by atoms with Crippen LogP contribution in [0.3, 0.4) is 0 Å². The van der Waals surface area contributed by atoms with Crippen LogP contribution in [-0.2, 0) is 11.8 Å². The number of nitrogens with one attached hydrogen (secondary N) is 1. The molecule has 4 aromatic rings. The lowest BCUT2D eigenvalue weighted by atomic mass is 10.1. The summed E-state index contributed by atoms with van der Waals surface area (Å²) in [7, 11) is 1.75. The number of nitrogen functional groups attached to an aromatic ring is 1. The van der Waals surface area contributed by atoms with Crippen molar-refractivity contribution in [2.24, 2.45) is 18.9 Å². The number of nitrogens with zero attached hydrogens (tertiary/aromatic N) is 3. The molecule has 1 aliphatic rings. The zero-order valence-corrected chi connectivity index (χ0v) is 16.2. The molecular formula is C22H21N5O2. The van der Waals surface area contributed by atoms with Crippen LogP contribution in [0.2, 0.25) is 0 Å². The van der Waals surface area contributed by atoms with Crippen LogP contribution in [0.25, 0.3) is 27.5 Å². The van der Waals surface area contributed by atoms with Gasteiger partial charge in [-0.1, -0.05) is 19.1 Å². The number of anilines is 2. The largest absolute Gasteiger partial charge is 0.398 e. The van der Waals surface area contributed by atoms with Crippen molar-refractivity contribution >= 4 is 39.2 Å². The molecule has 0 spiro atoms. The Balaban J connectivity index is 1.63. The van der Waals surface area contributed by atoms with Crippen LogP contribution in [0.15, 0.2) is 53.5 Å². The molecule has 0 radical (unpaired) electrons. The minimum Gasteiger partial charge on any atom is -0.398 e. The number of para-hydroxylation sites is 2. The van der Waals surface area contributed by atoms with Crippen molar-refractivity contribution in [3.05, 3.63) is 59.1 Å². The SMILES string of the molecule is C[C@@H]1C[C@H]1C(=O)Nc1cc2cc(-n3c(=O)n(C)c4ccccc43)cc(N)c2cn1. The molecule has 3 N–H and O–H groups in total. The molecule has 2 heterocycles. The van der Waals surface area contributed by atoms with Gasteiger partial charge < -0.3 is 11.1 Å². The minimum atomic E-state index is -0.143. The molecule has 2 atom stereocenters. The number of nitrogens with two attached hydrogens (primary N) is 1. The van der Waals surface area contributed by atoms with Crippen molar-refractivity contribution in [2.45, 2.75) is 13.3 Å². The van der Waals surface area contributed by atoms with Crippen molar-refractivity contribution in [1.29, 1.82) is 0 Å². The van der Waals surface area contributed by atoms with Crippen LogP contribution in [0, 0.1) is 11.8 Å². The van der Waals surface area contributed by atoms with Gasteiger partial charge in [0.1, 0.15) is 5.82 Å². The van der Waals surface area contributed by atoms with Crippen LogP contribution in [0.4, 0.5) is 11.5 Å². The second-order valence-corrected chi connectivity index (χ2v) is 7.80. The van der Waals surface area contributed by atoms with Crippen LogP contribution in [-0.4, -0.2) is 20.0 Å². The topological polar surface area (TPSA) is 94.9 Å². The molecule has 0 saturated heterocycles. The highest BCUT2D eigenvalue weighted by molar-refractivity contribution is 5.99. The standard InChI is InChI=1S/C22H21N5O2/c1-12-7-15(12)21(28)25-20-9-13-8-14(10-17(23)16(13)11-24-20)27-19-6-4-3-5-18(19)26(2)22(27)29/h3-6,8-12,15H,7,23H2,1-2H3,(H,24,25,28)/t12-,15-/m1/s1. The number of amides is 1. The van der Waals surface area contributed by atoms with E-state index < -0.39 is 0 Å². The molecular weight excluding hydrogens is 366 g/mol. The molecule has 146 valence electrons. The first-order chi connectivity index (χ1) is 13.9. The lowest BCUT2D eigenvalue weighted by Gasteiger charge is -2.10. The number of carbonyl (C=O) groups is 1. The molecule has 1 aliphatic carbocycles. The number of imidazole rings is 1. The van der Waals surface area contributed by atoms with Gasteiger partial charge in [0.15, 0.2) is 0 Å². The molecule has 7 heteroatoms. The van der Waals surface area contributed by atoms with E-state index in [-0.39, 0.29) is 17.5 Å². The maximum atomic E-state index is 12.9. The predicted octanol–water partition coefficient (Wildman–Crippen LogP) is 3.05. The van der Waals surface area contributed by atoms with Gasteiger partial charge in [0.25, 0.3) is 0 Å². The van der Waals surface area contributed by atoms with E-state index in [9.17, 15) is 9.59 Å². The van der Waals surface area contributed by atoms with E-state index in [0.29, 0.717) is 23.1 Å². The van der Waals surface area contributed by atoms with Crippen molar-refractivity contribution in [1.82, 2.24) is 14.1 Å². The molecule has 1 amide bonds. The molecule has 7 nitrogen and oxygen atoms in total. The lowest BCUT2D eigenvalue weighted by Crippen LogP contribution is -2.21. The number of aromatic nitrogens is 3. The number of hydrogen-bond donors (Lipinski definition) is 2. The Kier molecular flexibility index (Phi) is 3.74. The van der Waals surface area contributed by atoms with Crippen molar-refractivity contribution in [3.63, 3.8) is 0 Å². The number of hydrogen-bond acceptors (Lipinski definition) is 4. The van der Waals surface area contributed by atoms with Gasteiger partial charge in [0.05, 0.1) is 16.7 Å². The summed E-state index contributed by atoms with van der Waals surface area (Å²) >= 11 is 0. The second-order valence-electron chi connectivity index (χ2n) is 7.80. The quantitative estimate of drug-likeness (QED) is 0.528. The zero-order valence-electron chi connectivity index (χ0n) is 16.2. The van der Waals surface area contributed by atoms with Gasteiger partial charge in [0, 0.05) is 30.2 Å². The summed E-state index contributed by atoms with van der Waals surface area (Å²) < 4.78 is 3.26. The van der Waals surface area contributed by atoms with Crippen LogP contribution in [0.1, 0.15) is 13.3 Å². The van der Waals surface area contributed by atoms with Gasteiger partial charge in [-0.05, 0) is 48.1 Å². The first-order valence-electron chi connectivity index (χ1n) is 9.61. The average Bonchev–Trinajstić information content (AvgIpc) is 3.38. The molecule has 1 fully saturated rings. The number of carbonyl (C=O) groups excluding carboxylic acids is 1. The normalized spacial score (nSPS) is 18.3.